The Morgan fingerprint density at radius 3 is 2.46 bits per heavy atom. The average molecular weight is 760 g/mol. The molecule has 14 nitrogen and oxygen atoms in total. The van der Waals surface area contributed by atoms with E-state index in [0.717, 1.165) is 99.4 Å². The Morgan fingerprint density at radius 2 is 1.71 bits per heavy atom. The molecule has 56 heavy (non-hydrogen) atoms. The zero-order chi connectivity index (χ0) is 38.3. The van der Waals surface area contributed by atoms with Crippen LogP contribution in [0.3, 0.4) is 0 Å². The minimum Gasteiger partial charge on any atom is -0.378 e. The quantitative estimate of drug-likeness (QED) is 0.206. The number of aromatic nitrogens is 3. The number of fused-ring (bicyclic) bond motifs is 2. The van der Waals surface area contributed by atoms with Gasteiger partial charge in [0.2, 0.25) is 11.8 Å². The summed E-state index contributed by atoms with van der Waals surface area (Å²) in [5.41, 5.74) is 5.30. The summed E-state index contributed by atoms with van der Waals surface area (Å²) in [4.78, 5) is 71.9. The van der Waals surface area contributed by atoms with Crippen LogP contribution in [0.2, 0.25) is 0 Å². The number of likely N-dealkylation sites (tertiary alicyclic amines) is 1. The molecule has 1 unspecified atom stereocenters. The van der Waals surface area contributed by atoms with Gasteiger partial charge in [0.15, 0.2) is 0 Å². The third-order valence-electron chi connectivity index (χ3n) is 12.5. The molecule has 4 aromatic rings. The number of imide groups is 1. The maximum Gasteiger partial charge on any atom is 0.258 e. The summed E-state index contributed by atoms with van der Waals surface area (Å²) in [5, 5.41) is 6.36. The standard InChI is InChI=1S/C42H49N9O5/c1-48-15-3-6-35(48)33-20-28-23-43-37(21-32(28)45-33)46-40(53)27-7-9-38(44-22-27)50-16-11-26(12-17-50)25-56-29-13-18-49(19-14-29)34-5-2-4-30-31(34)24-51(42(30)55)36-8-10-39(52)47-41(36)54/h2,4-5,7,9,20-23,26,29,35-36,45H,3,6,8,10-19,24-25H2,1H3,(H,43,46,53)(H,47,52,54)/t35-,36?/m1/s1. The molecule has 3 N–H and O–H groups in total. The minimum atomic E-state index is -0.616. The lowest BCUT2D eigenvalue weighted by Gasteiger charge is -2.36. The topological polar surface area (TPSA) is 156 Å². The van der Waals surface area contributed by atoms with E-state index in [-0.39, 0.29) is 36.2 Å². The van der Waals surface area contributed by atoms with Gasteiger partial charge in [0, 0.05) is 98.1 Å². The molecule has 1 aromatic carbocycles. The zero-order valence-electron chi connectivity index (χ0n) is 31.8. The smallest absolute Gasteiger partial charge is 0.258 e. The van der Waals surface area contributed by atoms with Crippen molar-refractivity contribution in [2.45, 2.75) is 76.1 Å². The number of piperidine rings is 3. The van der Waals surface area contributed by atoms with Gasteiger partial charge in [-0.2, -0.15) is 0 Å². The number of carbonyl (C=O) groups is 4. The number of hydrogen-bond acceptors (Lipinski definition) is 10. The molecule has 0 spiro atoms. The fourth-order valence-corrected chi connectivity index (χ4v) is 9.23. The highest BCUT2D eigenvalue weighted by molar-refractivity contribution is 6.06. The van der Waals surface area contributed by atoms with Crippen molar-refractivity contribution in [3.8, 4) is 0 Å². The number of anilines is 3. The molecular formula is C42H49N9O5. The molecule has 9 rings (SSSR count). The van der Waals surface area contributed by atoms with E-state index >= 15 is 0 Å². The highest BCUT2D eigenvalue weighted by Crippen LogP contribution is 2.36. The van der Waals surface area contributed by atoms with Crippen molar-refractivity contribution in [3.05, 3.63) is 77.2 Å². The van der Waals surface area contributed by atoms with Crippen LogP contribution >= 0.6 is 0 Å². The number of hydrogen-bond donors (Lipinski definition) is 3. The summed E-state index contributed by atoms with van der Waals surface area (Å²) in [6.07, 6.45) is 10.4. The molecule has 4 amide bonds. The second-order valence-corrected chi connectivity index (χ2v) is 16.0. The van der Waals surface area contributed by atoms with Crippen LogP contribution in [0.1, 0.15) is 89.4 Å². The van der Waals surface area contributed by atoms with E-state index in [1.807, 2.05) is 36.5 Å². The fraction of sp³-hybridized carbons (Fsp3) is 0.476. The lowest BCUT2D eigenvalue weighted by Crippen LogP contribution is -2.52. The Morgan fingerprint density at radius 1 is 0.893 bits per heavy atom. The van der Waals surface area contributed by atoms with Crippen LogP contribution in [0.15, 0.2) is 54.9 Å². The SMILES string of the molecule is CN1CCC[C@@H]1c1cc2cnc(NC(=O)c3ccc(N4CCC(COC5CCN(c6cccc7c6CN(C6CCC(=O)NC6=O)C7=O)CC5)CC4)nc3)cc2[nH]1. The van der Waals surface area contributed by atoms with Crippen LogP contribution in [0, 0.1) is 5.92 Å². The van der Waals surface area contributed by atoms with Gasteiger partial charge >= 0.3 is 0 Å². The lowest BCUT2D eigenvalue weighted by molar-refractivity contribution is -0.136. The Bertz CT molecular complexity index is 2140. The van der Waals surface area contributed by atoms with E-state index in [1.165, 1.54) is 12.1 Å². The van der Waals surface area contributed by atoms with Gasteiger partial charge in [0.25, 0.3) is 11.8 Å². The van der Waals surface area contributed by atoms with Crippen LogP contribution in [0.25, 0.3) is 10.9 Å². The van der Waals surface area contributed by atoms with Gasteiger partial charge in [-0.1, -0.05) is 6.07 Å². The number of pyridine rings is 2. The first-order valence-electron chi connectivity index (χ1n) is 20.1. The average Bonchev–Trinajstić information content (AvgIpc) is 3.94. The number of ether oxygens (including phenoxy) is 1. The highest BCUT2D eigenvalue weighted by atomic mass is 16.5. The molecule has 0 bridgehead atoms. The number of H-pyrrole nitrogens is 1. The molecular weight excluding hydrogens is 711 g/mol. The molecule has 14 heteroatoms. The first-order chi connectivity index (χ1) is 27.3. The normalized spacial score (nSPS) is 22.6. The second kappa shape index (κ2) is 15.3. The van der Waals surface area contributed by atoms with E-state index in [4.69, 9.17) is 4.74 Å². The van der Waals surface area contributed by atoms with Crippen LogP contribution in [-0.2, 0) is 20.9 Å². The summed E-state index contributed by atoms with van der Waals surface area (Å²) in [6.45, 7) is 5.67. The molecule has 4 saturated heterocycles. The van der Waals surface area contributed by atoms with Crippen LogP contribution < -0.4 is 20.4 Å². The van der Waals surface area contributed by atoms with Gasteiger partial charge in [-0.25, -0.2) is 9.97 Å². The van der Waals surface area contributed by atoms with Gasteiger partial charge in [-0.05, 0) is 94.8 Å². The predicted octanol–water partition coefficient (Wildman–Crippen LogP) is 4.64. The molecule has 5 aliphatic heterocycles. The summed E-state index contributed by atoms with van der Waals surface area (Å²) < 4.78 is 6.47. The third-order valence-corrected chi connectivity index (χ3v) is 12.5. The summed E-state index contributed by atoms with van der Waals surface area (Å²) >= 11 is 0. The summed E-state index contributed by atoms with van der Waals surface area (Å²) in [5.74, 6) is 0.813. The largest absolute Gasteiger partial charge is 0.378 e. The van der Waals surface area contributed by atoms with Crippen LogP contribution in [0.5, 0.6) is 0 Å². The zero-order valence-corrected chi connectivity index (χ0v) is 31.8. The number of benzene rings is 1. The molecule has 292 valence electrons. The van der Waals surface area contributed by atoms with Gasteiger partial charge in [0.05, 0.1) is 17.2 Å². The Hall–Kier alpha value is -5.34. The number of aromatic amines is 1. The van der Waals surface area contributed by atoms with Crippen molar-refractivity contribution >= 4 is 51.9 Å². The number of rotatable bonds is 9. The highest BCUT2D eigenvalue weighted by Gasteiger charge is 2.40. The summed E-state index contributed by atoms with van der Waals surface area (Å²) in [6, 6.07) is 13.4. The van der Waals surface area contributed by atoms with E-state index in [9.17, 15) is 19.2 Å². The van der Waals surface area contributed by atoms with E-state index < -0.39 is 6.04 Å². The van der Waals surface area contributed by atoms with E-state index in [1.54, 1.807) is 11.1 Å². The first-order valence-corrected chi connectivity index (χ1v) is 20.1. The van der Waals surface area contributed by atoms with Crippen molar-refractivity contribution in [2.24, 2.45) is 5.92 Å². The molecule has 2 atom stereocenters. The third kappa shape index (κ3) is 7.23. The van der Waals surface area contributed by atoms with Gasteiger partial charge in [-0.15, -0.1) is 0 Å². The number of nitrogens with zero attached hydrogens (tertiary/aromatic N) is 6. The fourth-order valence-electron chi connectivity index (χ4n) is 9.23. The van der Waals surface area contributed by atoms with E-state index in [2.05, 4.69) is 59.5 Å². The summed E-state index contributed by atoms with van der Waals surface area (Å²) in [7, 11) is 2.16. The monoisotopic (exact) mass is 759 g/mol. The number of amides is 4. The van der Waals surface area contributed by atoms with Gasteiger partial charge in [-0.3, -0.25) is 29.4 Å². The minimum absolute atomic E-state index is 0.142. The number of nitrogens with one attached hydrogen (secondary N) is 3. The molecule has 5 aliphatic rings. The van der Waals surface area contributed by atoms with Crippen LogP contribution in [0.4, 0.5) is 17.3 Å². The Labute approximate surface area is 326 Å². The lowest BCUT2D eigenvalue weighted by atomic mass is 9.97. The predicted molar refractivity (Wildman–Crippen MR) is 212 cm³/mol. The first kappa shape index (κ1) is 36.3. The van der Waals surface area contributed by atoms with Gasteiger partial charge in [0.1, 0.15) is 17.7 Å². The van der Waals surface area contributed by atoms with Crippen molar-refractivity contribution in [2.75, 3.05) is 61.5 Å². The maximum absolute atomic E-state index is 13.3. The van der Waals surface area contributed by atoms with Crippen molar-refractivity contribution in [3.63, 3.8) is 0 Å². The molecule has 0 saturated carbocycles. The Kier molecular flexibility index (Phi) is 9.92. The van der Waals surface area contributed by atoms with Crippen molar-refractivity contribution in [1.29, 1.82) is 0 Å². The van der Waals surface area contributed by atoms with Crippen molar-refractivity contribution in [1.82, 2.24) is 30.1 Å². The molecule has 4 fully saturated rings. The molecule has 3 aromatic heterocycles. The van der Waals surface area contributed by atoms with E-state index in [0.29, 0.717) is 41.9 Å². The maximum atomic E-state index is 13.3. The molecule has 8 heterocycles. The van der Waals surface area contributed by atoms with Crippen LogP contribution in [-0.4, -0.2) is 107 Å². The van der Waals surface area contributed by atoms with Gasteiger partial charge < -0.3 is 29.7 Å². The second-order valence-electron chi connectivity index (χ2n) is 16.0. The molecule has 0 radical (unpaired) electrons. The molecule has 0 aliphatic carbocycles. The Balaban J connectivity index is 0.721. The van der Waals surface area contributed by atoms with Crippen molar-refractivity contribution < 1.29 is 23.9 Å². The number of carbonyl (C=O) groups excluding carboxylic acids is 4.